The lowest BCUT2D eigenvalue weighted by Crippen LogP contribution is -2.19. The van der Waals surface area contributed by atoms with Crippen molar-refractivity contribution in [1.82, 2.24) is 14.9 Å². The van der Waals surface area contributed by atoms with Crippen LogP contribution in [0.2, 0.25) is 0 Å². The van der Waals surface area contributed by atoms with Crippen molar-refractivity contribution in [3.8, 4) is 0 Å². The Morgan fingerprint density at radius 1 is 1.47 bits per heavy atom. The highest BCUT2D eigenvalue weighted by atomic mass is 19.3. The van der Waals surface area contributed by atoms with Crippen molar-refractivity contribution in [2.24, 2.45) is 0 Å². The van der Waals surface area contributed by atoms with Gasteiger partial charge in [0.2, 0.25) is 0 Å². The molecule has 1 aromatic rings. The number of nitrogens with zero attached hydrogens (tertiary/aromatic N) is 2. The molecule has 0 fully saturated rings. The first-order chi connectivity index (χ1) is 8.25. The summed E-state index contributed by atoms with van der Waals surface area (Å²) in [7, 11) is 0. The van der Waals surface area contributed by atoms with Crippen molar-refractivity contribution in [1.29, 1.82) is 0 Å². The molecule has 0 saturated heterocycles. The SMILES string of the molecule is CCCOCCCNCc1nccn1C(F)F. The maximum atomic E-state index is 12.5. The monoisotopic (exact) mass is 247 g/mol. The predicted octanol–water partition coefficient (Wildman–Crippen LogP) is 2.18. The molecule has 98 valence electrons. The van der Waals surface area contributed by atoms with E-state index in [-0.39, 0.29) is 0 Å². The fraction of sp³-hybridized carbons (Fsp3) is 0.727. The first kappa shape index (κ1) is 14.1. The van der Waals surface area contributed by atoms with E-state index >= 15 is 0 Å². The fourth-order valence-corrected chi connectivity index (χ4v) is 1.40. The summed E-state index contributed by atoms with van der Waals surface area (Å²) in [5, 5.41) is 3.06. The molecule has 0 saturated carbocycles. The summed E-state index contributed by atoms with van der Waals surface area (Å²) < 4.78 is 31.1. The molecule has 0 aromatic carbocycles. The van der Waals surface area contributed by atoms with Crippen LogP contribution in [0.25, 0.3) is 0 Å². The van der Waals surface area contributed by atoms with Gasteiger partial charge >= 0.3 is 6.55 Å². The molecule has 6 heteroatoms. The summed E-state index contributed by atoms with van der Waals surface area (Å²) in [4.78, 5) is 3.87. The third kappa shape index (κ3) is 5.23. The molecule has 0 unspecified atom stereocenters. The Bertz CT molecular complexity index is 305. The molecule has 1 N–H and O–H groups in total. The third-order valence-corrected chi connectivity index (χ3v) is 2.23. The molecule has 0 aliphatic rings. The van der Waals surface area contributed by atoms with Crippen molar-refractivity contribution in [2.45, 2.75) is 32.9 Å². The van der Waals surface area contributed by atoms with Gasteiger partial charge in [0.25, 0.3) is 0 Å². The van der Waals surface area contributed by atoms with Gasteiger partial charge in [-0.15, -0.1) is 0 Å². The molecule has 1 rings (SSSR count). The number of rotatable bonds is 9. The molecule has 0 amide bonds. The molecule has 0 aliphatic heterocycles. The second-order valence-corrected chi connectivity index (χ2v) is 3.67. The van der Waals surface area contributed by atoms with Crippen molar-refractivity contribution in [2.75, 3.05) is 19.8 Å². The average Bonchev–Trinajstić information content (AvgIpc) is 2.76. The number of hydrogen-bond acceptors (Lipinski definition) is 3. The molecule has 17 heavy (non-hydrogen) atoms. The predicted molar refractivity (Wildman–Crippen MR) is 60.9 cm³/mol. The minimum Gasteiger partial charge on any atom is -0.381 e. The summed E-state index contributed by atoms with van der Waals surface area (Å²) in [5.74, 6) is 0.356. The molecule has 0 radical (unpaired) electrons. The van der Waals surface area contributed by atoms with E-state index < -0.39 is 6.55 Å². The molecule has 1 heterocycles. The second-order valence-electron chi connectivity index (χ2n) is 3.67. The Hall–Kier alpha value is -1.01. The van der Waals surface area contributed by atoms with Gasteiger partial charge < -0.3 is 10.1 Å². The van der Waals surface area contributed by atoms with Crippen LogP contribution in [0.1, 0.15) is 32.1 Å². The first-order valence-electron chi connectivity index (χ1n) is 5.84. The average molecular weight is 247 g/mol. The Morgan fingerprint density at radius 3 is 3.00 bits per heavy atom. The molecule has 0 bridgehead atoms. The molecular formula is C11H19F2N3O. The Morgan fingerprint density at radius 2 is 2.29 bits per heavy atom. The van der Waals surface area contributed by atoms with Gasteiger partial charge in [-0.3, -0.25) is 4.57 Å². The number of ether oxygens (including phenoxy) is 1. The van der Waals surface area contributed by atoms with E-state index in [0.717, 1.165) is 30.6 Å². The summed E-state index contributed by atoms with van der Waals surface area (Å²) in [6.45, 7) is 2.09. The van der Waals surface area contributed by atoms with E-state index in [2.05, 4.69) is 17.2 Å². The normalized spacial score (nSPS) is 11.3. The summed E-state index contributed by atoms with van der Waals surface area (Å²) >= 11 is 0. The highest BCUT2D eigenvalue weighted by Crippen LogP contribution is 2.11. The van der Waals surface area contributed by atoms with Gasteiger partial charge in [0, 0.05) is 25.6 Å². The molecular weight excluding hydrogens is 228 g/mol. The van der Waals surface area contributed by atoms with Crippen LogP contribution in [0, 0.1) is 0 Å². The van der Waals surface area contributed by atoms with Gasteiger partial charge in [0.05, 0.1) is 6.54 Å². The van der Waals surface area contributed by atoms with Crippen LogP contribution in [0.3, 0.4) is 0 Å². The van der Waals surface area contributed by atoms with Gasteiger partial charge in [0.1, 0.15) is 5.82 Å². The van der Waals surface area contributed by atoms with Gasteiger partial charge in [0.15, 0.2) is 0 Å². The van der Waals surface area contributed by atoms with E-state index in [1.807, 2.05) is 0 Å². The molecule has 4 nitrogen and oxygen atoms in total. The maximum absolute atomic E-state index is 12.5. The summed E-state index contributed by atoms with van der Waals surface area (Å²) in [6.07, 6.45) is 4.55. The molecule has 0 aliphatic carbocycles. The number of alkyl halides is 2. The van der Waals surface area contributed by atoms with Crippen molar-refractivity contribution in [3.05, 3.63) is 18.2 Å². The quantitative estimate of drug-likeness (QED) is 0.680. The van der Waals surface area contributed by atoms with Crippen LogP contribution < -0.4 is 5.32 Å². The van der Waals surface area contributed by atoms with E-state index in [4.69, 9.17) is 4.74 Å². The number of hydrogen-bond donors (Lipinski definition) is 1. The number of nitrogens with one attached hydrogen (secondary N) is 1. The number of imidazole rings is 1. The van der Waals surface area contributed by atoms with Crippen molar-refractivity contribution >= 4 is 0 Å². The third-order valence-electron chi connectivity index (χ3n) is 2.23. The first-order valence-corrected chi connectivity index (χ1v) is 5.84. The lowest BCUT2D eigenvalue weighted by Gasteiger charge is -2.07. The van der Waals surface area contributed by atoms with E-state index in [1.54, 1.807) is 0 Å². The summed E-state index contributed by atoms with van der Waals surface area (Å²) in [5.41, 5.74) is 0. The second kappa shape index (κ2) is 8.14. The standard InChI is InChI=1S/C11H19F2N3O/c1-2-7-17-8-3-4-14-9-10-15-5-6-16(10)11(12)13/h5-6,11,14H,2-4,7-9H2,1H3. The summed E-state index contributed by atoms with van der Waals surface area (Å²) in [6, 6.07) is 0. The minimum atomic E-state index is -2.53. The Balaban J connectivity index is 2.11. The van der Waals surface area contributed by atoms with E-state index in [0.29, 0.717) is 19.0 Å². The van der Waals surface area contributed by atoms with Crippen molar-refractivity contribution < 1.29 is 13.5 Å². The minimum absolute atomic E-state index is 0.352. The topological polar surface area (TPSA) is 39.1 Å². The van der Waals surface area contributed by atoms with Crippen LogP contribution in [-0.4, -0.2) is 29.3 Å². The number of aromatic nitrogens is 2. The van der Waals surface area contributed by atoms with Crippen LogP contribution in [-0.2, 0) is 11.3 Å². The Labute approximate surface area is 100.0 Å². The van der Waals surface area contributed by atoms with Crippen molar-refractivity contribution in [3.63, 3.8) is 0 Å². The zero-order valence-corrected chi connectivity index (χ0v) is 10.0. The molecule has 1 aromatic heterocycles. The van der Waals surface area contributed by atoms with E-state index in [9.17, 15) is 8.78 Å². The maximum Gasteiger partial charge on any atom is 0.319 e. The smallest absolute Gasteiger partial charge is 0.319 e. The highest BCUT2D eigenvalue weighted by Gasteiger charge is 2.10. The zero-order chi connectivity index (χ0) is 12.5. The lowest BCUT2D eigenvalue weighted by atomic mass is 10.4. The largest absolute Gasteiger partial charge is 0.381 e. The van der Waals surface area contributed by atoms with Crippen LogP contribution in [0.15, 0.2) is 12.4 Å². The van der Waals surface area contributed by atoms with Crippen LogP contribution in [0.4, 0.5) is 8.78 Å². The van der Waals surface area contributed by atoms with Crippen LogP contribution >= 0.6 is 0 Å². The Kier molecular flexibility index (Phi) is 6.73. The van der Waals surface area contributed by atoms with Gasteiger partial charge in [-0.05, 0) is 19.4 Å². The molecule has 0 atom stereocenters. The molecule has 0 spiro atoms. The fourth-order valence-electron chi connectivity index (χ4n) is 1.40. The zero-order valence-electron chi connectivity index (χ0n) is 10.0. The van der Waals surface area contributed by atoms with Gasteiger partial charge in [-0.25, -0.2) is 4.98 Å². The van der Waals surface area contributed by atoms with Gasteiger partial charge in [-0.2, -0.15) is 8.78 Å². The van der Waals surface area contributed by atoms with Crippen LogP contribution in [0.5, 0.6) is 0 Å². The van der Waals surface area contributed by atoms with E-state index in [1.165, 1.54) is 12.4 Å². The van der Waals surface area contributed by atoms with Gasteiger partial charge in [-0.1, -0.05) is 6.92 Å². The number of halogens is 2. The lowest BCUT2D eigenvalue weighted by molar-refractivity contribution is 0.0665. The highest BCUT2D eigenvalue weighted by molar-refractivity contribution is 4.92.